The molecule has 1 aromatic carbocycles. The van der Waals surface area contributed by atoms with Crippen LogP contribution in [0.4, 0.5) is 0 Å². The van der Waals surface area contributed by atoms with Gasteiger partial charge in [-0.3, -0.25) is 9.89 Å². The first-order chi connectivity index (χ1) is 14.1. The largest absolute Gasteiger partial charge is 0.488 e. The van der Waals surface area contributed by atoms with Gasteiger partial charge >= 0.3 is 0 Å². The van der Waals surface area contributed by atoms with E-state index >= 15 is 0 Å². The lowest BCUT2D eigenvalue weighted by Crippen LogP contribution is -2.48. The van der Waals surface area contributed by atoms with Crippen LogP contribution in [0.3, 0.4) is 0 Å². The zero-order chi connectivity index (χ0) is 20.6. The van der Waals surface area contributed by atoms with E-state index in [2.05, 4.69) is 59.5 Å². The Morgan fingerprint density at radius 2 is 2.07 bits per heavy atom. The number of hydrogen-bond acceptors (Lipinski definition) is 4. The third-order valence-corrected chi connectivity index (χ3v) is 5.93. The zero-order valence-electron chi connectivity index (χ0n) is 18.5. The van der Waals surface area contributed by atoms with Crippen LogP contribution in [0.25, 0.3) is 0 Å². The molecule has 0 aliphatic carbocycles. The van der Waals surface area contributed by atoms with Gasteiger partial charge in [0.25, 0.3) is 0 Å². The molecule has 162 valence electrons. The third-order valence-electron chi connectivity index (χ3n) is 5.93. The van der Waals surface area contributed by atoms with Gasteiger partial charge in [-0.25, -0.2) is 0 Å². The minimum atomic E-state index is 0.153. The number of aryl methyl sites for hydroxylation is 1. The fourth-order valence-electron chi connectivity index (χ4n) is 4.16. The highest BCUT2D eigenvalue weighted by Crippen LogP contribution is 2.24. The molecular weight excluding hydrogens is 364 g/mol. The zero-order valence-corrected chi connectivity index (χ0v) is 18.5. The molecule has 3 rings (SSSR count). The number of aliphatic imine (C=N–C) groups is 1. The first-order valence-corrected chi connectivity index (χ1v) is 11.1. The predicted octanol–water partition coefficient (Wildman–Crippen LogP) is 2.95. The maximum absolute atomic E-state index is 6.22. The highest BCUT2D eigenvalue weighted by atomic mass is 16.5. The highest BCUT2D eigenvalue weighted by Gasteiger charge is 2.24. The summed E-state index contributed by atoms with van der Waals surface area (Å²) < 4.78 is 11.7. The molecule has 2 atom stereocenters. The van der Waals surface area contributed by atoms with Crippen molar-refractivity contribution in [2.45, 2.75) is 58.7 Å². The molecule has 1 aromatic rings. The number of guanidine groups is 1. The van der Waals surface area contributed by atoms with Crippen molar-refractivity contribution in [1.82, 2.24) is 15.5 Å². The Hall–Kier alpha value is -1.79. The SMILES string of the molecule is CN=C(NCc1ccc(C)cc1OC1CCOC1)NCC(C(C)C)N1CCCC1. The molecule has 2 fully saturated rings. The summed E-state index contributed by atoms with van der Waals surface area (Å²) in [7, 11) is 1.83. The van der Waals surface area contributed by atoms with Gasteiger partial charge in [-0.15, -0.1) is 0 Å². The average molecular weight is 403 g/mol. The first kappa shape index (κ1) is 21.9. The van der Waals surface area contributed by atoms with Crippen molar-refractivity contribution in [3.05, 3.63) is 29.3 Å². The molecule has 0 saturated carbocycles. The maximum atomic E-state index is 6.22. The van der Waals surface area contributed by atoms with Crippen molar-refractivity contribution < 1.29 is 9.47 Å². The van der Waals surface area contributed by atoms with E-state index in [4.69, 9.17) is 9.47 Å². The molecule has 6 nitrogen and oxygen atoms in total. The van der Waals surface area contributed by atoms with Gasteiger partial charge in [0.05, 0.1) is 13.2 Å². The molecule has 2 heterocycles. The van der Waals surface area contributed by atoms with Gasteiger partial charge in [0.1, 0.15) is 11.9 Å². The van der Waals surface area contributed by atoms with Crippen LogP contribution in [-0.4, -0.2) is 62.9 Å². The Kier molecular flexibility index (Phi) is 8.19. The van der Waals surface area contributed by atoms with E-state index in [1.807, 2.05) is 7.05 Å². The van der Waals surface area contributed by atoms with E-state index < -0.39 is 0 Å². The summed E-state index contributed by atoms with van der Waals surface area (Å²) >= 11 is 0. The average Bonchev–Trinajstić information content (AvgIpc) is 3.40. The molecule has 2 aliphatic rings. The first-order valence-electron chi connectivity index (χ1n) is 11.1. The summed E-state index contributed by atoms with van der Waals surface area (Å²) in [6, 6.07) is 6.93. The van der Waals surface area contributed by atoms with Crippen molar-refractivity contribution in [1.29, 1.82) is 0 Å². The van der Waals surface area contributed by atoms with Crippen LogP contribution in [-0.2, 0) is 11.3 Å². The van der Waals surface area contributed by atoms with Crippen LogP contribution in [0.15, 0.2) is 23.2 Å². The maximum Gasteiger partial charge on any atom is 0.191 e. The van der Waals surface area contributed by atoms with Gasteiger partial charge in [-0.1, -0.05) is 26.0 Å². The van der Waals surface area contributed by atoms with E-state index in [0.717, 1.165) is 36.8 Å². The molecule has 2 saturated heterocycles. The number of hydrogen-bond donors (Lipinski definition) is 2. The summed E-state index contributed by atoms with van der Waals surface area (Å²) in [5.74, 6) is 2.40. The molecule has 29 heavy (non-hydrogen) atoms. The molecule has 6 heteroatoms. The monoisotopic (exact) mass is 402 g/mol. The minimum Gasteiger partial charge on any atom is -0.488 e. The second kappa shape index (κ2) is 10.8. The summed E-state index contributed by atoms with van der Waals surface area (Å²) in [5.41, 5.74) is 2.35. The van der Waals surface area contributed by atoms with Crippen LogP contribution in [0.2, 0.25) is 0 Å². The lowest BCUT2D eigenvalue weighted by molar-refractivity contribution is 0.140. The minimum absolute atomic E-state index is 0.153. The van der Waals surface area contributed by atoms with Gasteiger partial charge < -0.3 is 20.1 Å². The van der Waals surface area contributed by atoms with Gasteiger partial charge in [0.15, 0.2) is 5.96 Å². The highest BCUT2D eigenvalue weighted by molar-refractivity contribution is 5.79. The molecule has 0 radical (unpaired) electrons. The molecule has 2 aliphatic heterocycles. The number of rotatable bonds is 8. The molecule has 0 spiro atoms. The van der Waals surface area contributed by atoms with Gasteiger partial charge in [-0.2, -0.15) is 0 Å². The molecule has 0 bridgehead atoms. The van der Waals surface area contributed by atoms with Crippen LogP contribution in [0, 0.1) is 12.8 Å². The van der Waals surface area contributed by atoms with Crippen LogP contribution in [0.5, 0.6) is 5.75 Å². The van der Waals surface area contributed by atoms with Crippen molar-refractivity contribution in [2.75, 3.05) is 39.9 Å². The van der Waals surface area contributed by atoms with Crippen LogP contribution < -0.4 is 15.4 Å². The molecular formula is C23H38N4O2. The molecule has 2 unspecified atom stereocenters. The fraction of sp³-hybridized carbons (Fsp3) is 0.696. The van der Waals surface area contributed by atoms with E-state index in [0.29, 0.717) is 25.1 Å². The summed E-state index contributed by atoms with van der Waals surface area (Å²) in [6.07, 6.45) is 3.74. The predicted molar refractivity (Wildman–Crippen MR) is 119 cm³/mol. The van der Waals surface area contributed by atoms with E-state index in [1.165, 1.54) is 31.5 Å². The lowest BCUT2D eigenvalue weighted by atomic mass is 10.0. The molecule has 0 amide bonds. The smallest absolute Gasteiger partial charge is 0.191 e. The quantitative estimate of drug-likeness (QED) is 0.517. The number of ether oxygens (including phenoxy) is 2. The Morgan fingerprint density at radius 1 is 1.28 bits per heavy atom. The van der Waals surface area contributed by atoms with Crippen molar-refractivity contribution in [3.63, 3.8) is 0 Å². The lowest BCUT2D eigenvalue weighted by Gasteiger charge is -2.31. The van der Waals surface area contributed by atoms with Gasteiger partial charge in [-0.05, 0) is 50.4 Å². The van der Waals surface area contributed by atoms with E-state index in [9.17, 15) is 0 Å². The number of benzene rings is 1. The second-order valence-electron chi connectivity index (χ2n) is 8.58. The Balaban J connectivity index is 1.56. The molecule has 2 N–H and O–H groups in total. The summed E-state index contributed by atoms with van der Waals surface area (Å²) in [6.45, 7) is 12.2. The molecule has 0 aromatic heterocycles. The standard InChI is InChI=1S/C23H38N4O2/c1-17(2)21(27-10-5-6-11-27)15-26-23(24-4)25-14-19-8-7-18(3)13-22(19)29-20-9-12-28-16-20/h7-8,13,17,20-21H,5-6,9-12,14-16H2,1-4H3,(H2,24,25,26). The third kappa shape index (κ3) is 6.34. The summed E-state index contributed by atoms with van der Waals surface area (Å²) in [5, 5.41) is 7.00. The van der Waals surface area contributed by atoms with E-state index in [-0.39, 0.29) is 6.10 Å². The van der Waals surface area contributed by atoms with Crippen molar-refractivity contribution in [3.8, 4) is 5.75 Å². The van der Waals surface area contributed by atoms with E-state index in [1.54, 1.807) is 0 Å². The summed E-state index contributed by atoms with van der Waals surface area (Å²) in [4.78, 5) is 7.04. The van der Waals surface area contributed by atoms with Gasteiger partial charge in [0, 0.05) is 38.2 Å². The van der Waals surface area contributed by atoms with Crippen molar-refractivity contribution in [2.24, 2.45) is 10.9 Å². The normalized spacial score (nSPS) is 21.6. The number of nitrogens with zero attached hydrogens (tertiary/aromatic N) is 2. The topological polar surface area (TPSA) is 58.1 Å². The van der Waals surface area contributed by atoms with Crippen molar-refractivity contribution >= 4 is 5.96 Å². The Labute approximate surface area is 176 Å². The Morgan fingerprint density at radius 3 is 2.72 bits per heavy atom. The van der Waals surface area contributed by atoms with Crippen LogP contribution >= 0.6 is 0 Å². The Bertz CT molecular complexity index is 665. The second-order valence-corrected chi connectivity index (χ2v) is 8.58. The fourth-order valence-corrected chi connectivity index (χ4v) is 4.16. The van der Waals surface area contributed by atoms with Crippen LogP contribution in [0.1, 0.15) is 44.2 Å². The number of nitrogens with one attached hydrogen (secondary N) is 2. The number of likely N-dealkylation sites (tertiary alicyclic amines) is 1. The van der Waals surface area contributed by atoms with Gasteiger partial charge in [0.2, 0.25) is 0 Å².